The molecule has 6 nitrogen and oxygen atoms in total. The van der Waals surface area contributed by atoms with Crippen LogP contribution in [0.1, 0.15) is 6.42 Å². The number of nitrogens with two attached hydrogens (primary N) is 2. The summed E-state index contributed by atoms with van der Waals surface area (Å²) in [5, 5.41) is 0. The molecule has 0 radical (unpaired) electrons. The molecule has 0 aromatic rings. The average Bonchev–Trinajstić information content (AvgIpc) is 2.52. The molecular formula is C9H18N4O2. The molecule has 0 aromatic carbocycles. The molecule has 0 aromatic heterocycles. The number of carbonyl (C=O) groups excluding carboxylic acids is 2. The molecular weight excluding hydrogens is 196 g/mol. The van der Waals surface area contributed by atoms with E-state index in [-0.39, 0.29) is 24.9 Å². The molecule has 1 aliphatic heterocycles. The van der Waals surface area contributed by atoms with E-state index in [4.69, 9.17) is 11.5 Å². The molecule has 0 aliphatic carbocycles. The summed E-state index contributed by atoms with van der Waals surface area (Å²) < 4.78 is 0. The fourth-order valence-electron chi connectivity index (χ4n) is 1.67. The summed E-state index contributed by atoms with van der Waals surface area (Å²) in [7, 11) is 0. The van der Waals surface area contributed by atoms with Crippen molar-refractivity contribution in [1.29, 1.82) is 0 Å². The van der Waals surface area contributed by atoms with Gasteiger partial charge in [0.15, 0.2) is 0 Å². The van der Waals surface area contributed by atoms with E-state index in [0.29, 0.717) is 26.2 Å². The maximum Gasteiger partial charge on any atom is 0.236 e. The first kappa shape index (κ1) is 11.9. The first-order chi connectivity index (χ1) is 7.19. The highest BCUT2D eigenvalue weighted by molar-refractivity contribution is 5.79. The Morgan fingerprint density at radius 2 is 1.27 bits per heavy atom. The van der Waals surface area contributed by atoms with Gasteiger partial charge < -0.3 is 21.3 Å². The van der Waals surface area contributed by atoms with Crippen molar-refractivity contribution < 1.29 is 9.59 Å². The summed E-state index contributed by atoms with van der Waals surface area (Å²) in [6.45, 7) is 2.52. The van der Waals surface area contributed by atoms with E-state index in [0.717, 1.165) is 6.42 Å². The lowest BCUT2D eigenvalue weighted by atomic mass is 10.3. The number of hydrogen-bond acceptors (Lipinski definition) is 4. The molecule has 2 amide bonds. The predicted molar refractivity (Wildman–Crippen MR) is 55.9 cm³/mol. The predicted octanol–water partition coefficient (Wildman–Crippen LogP) is -2.04. The first-order valence-electron chi connectivity index (χ1n) is 5.14. The Kier molecular flexibility index (Phi) is 4.51. The minimum atomic E-state index is -0.0583. The fourth-order valence-corrected chi connectivity index (χ4v) is 1.67. The molecule has 15 heavy (non-hydrogen) atoms. The molecule has 0 atom stereocenters. The van der Waals surface area contributed by atoms with Crippen LogP contribution >= 0.6 is 0 Å². The topological polar surface area (TPSA) is 92.7 Å². The molecule has 4 N–H and O–H groups in total. The molecule has 1 heterocycles. The summed E-state index contributed by atoms with van der Waals surface area (Å²) in [4.78, 5) is 26.1. The van der Waals surface area contributed by atoms with Crippen molar-refractivity contribution >= 4 is 11.8 Å². The summed E-state index contributed by atoms with van der Waals surface area (Å²) in [5.41, 5.74) is 10.6. The van der Waals surface area contributed by atoms with Crippen LogP contribution in [0.3, 0.4) is 0 Å². The molecule has 1 saturated heterocycles. The lowest BCUT2D eigenvalue weighted by Crippen LogP contribution is -2.41. The van der Waals surface area contributed by atoms with Gasteiger partial charge in [-0.1, -0.05) is 0 Å². The zero-order valence-corrected chi connectivity index (χ0v) is 8.82. The molecule has 1 aliphatic rings. The average molecular weight is 214 g/mol. The second-order valence-electron chi connectivity index (χ2n) is 3.52. The maximum atomic E-state index is 11.3. The minimum Gasteiger partial charge on any atom is -0.340 e. The van der Waals surface area contributed by atoms with E-state index in [1.807, 2.05) is 0 Å². The van der Waals surface area contributed by atoms with Gasteiger partial charge in [-0.3, -0.25) is 9.59 Å². The fraction of sp³-hybridized carbons (Fsp3) is 0.778. The zero-order valence-electron chi connectivity index (χ0n) is 8.82. The Hall–Kier alpha value is -1.14. The maximum absolute atomic E-state index is 11.3. The summed E-state index contributed by atoms with van der Waals surface area (Å²) in [5.74, 6) is -0.117. The van der Waals surface area contributed by atoms with E-state index in [1.165, 1.54) is 0 Å². The molecule has 1 fully saturated rings. The van der Waals surface area contributed by atoms with E-state index in [2.05, 4.69) is 0 Å². The van der Waals surface area contributed by atoms with Gasteiger partial charge in [0, 0.05) is 26.2 Å². The van der Waals surface area contributed by atoms with Crippen LogP contribution in [0.2, 0.25) is 0 Å². The van der Waals surface area contributed by atoms with Crippen LogP contribution in [0.4, 0.5) is 0 Å². The molecule has 1 rings (SSSR count). The van der Waals surface area contributed by atoms with Crippen molar-refractivity contribution in [2.75, 3.05) is 39.3 Å². The van der Waals surface area contributed by atoms with E-state index in [9.17, 15) is 9.59 Å². The van der Waals surface area contributed by atoms with Crippen LogP contribution in [0.15, 0.2) is 0 Å². The van der Waals surface area contributed by atoms with Crippen LogP contribution < -0.4 is 11.5 Å². The van der Waals surface area contributed by atoms with Gasteiger partial charge in [0.1, 0.15) is 0 Å². The normalized spacial score (nSPS) is 17.5. The van der Waals surface area contributed by atoms with Crippen molar-refractivity contribution in [3.63, 3.8) is 0 Å². The van der Waals surface area contributed by atoms with Gasteiger partial charge in [0.05, 0.1) is 13.1 Å². The summed E-state index contributed by atoms with van der Waals surface area (Å²) in [6, 6.07) is 0. The lowest BCUT2D eigenvalue weighted by molar-refractivity contribution is -0.132. The Labute approximate surface area is 89.2 Å². The van der Waals surface area contributed by atoms with Gasteiger partial charge in [-0.25, -0.2) is 0 Å². The molecule has 0 unspecified atom stereocenters. The van der Waals surface area contributed by atoms with Crippen molar-refractivity contribution in [2.24, 2.45) is 11.5 Å². The van der Waals surface area contributed by atoms with Crippen LogP contribution in [0.25, 0.3) is 0 Å². The van der Waals surface area contributed by atoms with Crippen LogP contribution in [0, 0.1) is 0 Å². The third-order valence-corrected chi connectivity index (χ3v) is 2.55. The SMILES string of the molecule is NCC(=O)N1CCCN(C(=O)CN)CC1. The lowest BCUT2D eigenvalue weighted by Gasteiger charge is -2.21. The zero-order chi connectivity index (χ0) is 11.3. The highest BCUT2D eigenvalue weighted by atomic mass is 16.2. The summed E-state index contributed by atoms with van der Waals surface area (Å²) >= 11 is 0. The van der Waals surface area contributed by atoms with Gasteiger partial charge in [-0.05, 0) is 6.42 Å². The molecule has 0 saturated carbocycles. The smallest absolute Gasteiger partial charge is 0.236 e. The van der Waals surface area contributed by atoms with Crippen LogP contribution in [-0.4, -0.2) is 60.9 Å². The highest BCUT2D eigenvalue weighted by Crippen LogP contribution is 2.03. The number of nitrogens with zero attached hydrogens (tertiary/aromatic N) is 2. The van der Waals surface area contributed by atoms with E-state index < -0.39 is 0 Å². The third kappa shape index (κ3) is 3.17. The van der Waals surface area contributed by atoms with Gasteiger partial charge in [0.2, 0.25) is 11.8 Å². The van der Waals surface area contributed by atoms with E-state index >= 15 is 0 Å². The van der Waals surface area contributed by atoms with Crippen molar-refractivity contribution in [1.82, 2.24) is 9.80 Å². The molecule has 86 valence electrons. The highest BCUT2D eigenvalue weighted by Gasteiger charge is 2.20. The molecule has 0 spiro atoms. The van der Waals surface area contributed by atoms with Crippen molar-refractivity contribution in [3.8, 4) is 0 Å². The van der Waals surface area contributed by atoms with Gasteiger partial charge in [0.25, 0.3) is 0 Å². The molecule has 0 bridgehead atoms. The number of carbonyl (C=O) groups is 2. The van der Waals surface area contributed by atoms with Crippen LogP contribution in [-0.2, 0) is 9.59 Å². The second-order valence-corrected chi connectivity index (χ2v) is 3.52. The van der Waals surface area contributed by atoms with Crippen LogP contribution in [0.5, 0.6) is 0 Å². The Morgan fingerprint density at radius 1 is 0.867 bits per heavy atom. The second kappa shape index (κ2) is 5.67. The number of rotatable bonds is 2. The standard InChI is InChI=1S/C9H18N4O2/c10-6-8(14)12-2-1-3-13(5-4-12)9(15)7-11/h1-7,10-11H2. The van der Waals surface area contributed by atoms with E-state index in [1.54, 1.807) is 9.80 Å². The van der Waals surface area contributed by atoms with Gasteiger partial charge in [-0.15, -0.1) is 0 Å². The number of hydrogen-bond donors (Lipinski definition) is 2. The Balaban J connectivity index is 2.48. The monoisotopic (exact) mass is 214 g/mol. The van der Waals surface area contributed by atoms with Crippen molar-refractivity contribution in [3.05, 3.63) is 0 Å². The summed E-state index contributed by atoms with van der Waals surface area (Å²) in [6.07, 6.45) is 0.789. The minimum absolute atomic E-state index is 0.0326. The van der Waals surface area contributed by atoms with Crippen molar-refractivity contribution in [2.45, 2.75) is 6.42 Å². The molecule has 6 heteroatoms. The largest absolute Gasteiger partial charge is 0.340 e. The Morgan fingerprint density at radius 3 is 1.60 bits per heavy atom. The van der Waals surface area contributed by atoms with Gasteiger partial charge >= 0.3 is 0 Å². The quantitative estimate of drug-likeness (QED) is 0.554. The Bertz CT molecular complexity index is 220. The number of amides is 2. The first-order valence-corrected chi connectivity index (χ1v) is 5.14. The van der Waals surface area contributed by atoms with Gasteiger partial charge in [-0.2, -0.15) is 0 Å². The third-order valence-electron chi connectivity index (χ3n) is 2.55.